The van der Waals surface area contributed by atoms with Gasteiger partial charge in [-0.05, 0) is 59.7 Å². The Morgan fingerprint density at radius 1 is 1.11 bits per heavy atom. The first-order valence-corrected chi connectivity index (χ1v) is 12.5. The number of nitrogens with one attached hydrogen (secondary N) is 1. The molecule has 1 saturated heterocycles. The number of ether oxygens (including phenoxy) is 1. The van der Waals surface area contributed by atoms with Crippen LogP contribution in [0.2, 0.25) is 0 Å². The average molecular weight is 519 g/mol. The van der Waals surface area contributed by atoms with Crippen LogP contribution in [-0.2, 0) is 11.3 Å². The molecule has 1 fully saturated rings. The Labute approximate surface area is 219 Å². The molecule has 2 aromatic heterocycles. The number of tetrazole rings is 1. The summed E-state index contributed by atoms with van der Waals surface area (Å²) in [6.07, 6.45) is 0. The van der Waals surface area contributed by atoms with Crippen LogP contribution in [0.5, 0.6) is 0 Å². The molecule has 0 aliphatic carbocycles. The van der Waals surface area contributed by atoms with Crippen molar-refractivity contribution < 1.29 is 9.66 Å². The number of methoxy groups -OCH3 is 1. The number of non-ortho nitro benzene ring substituents is 1. The van der Waals surface area contributed by atoms with Crippen LogP contribution in [0.25, 0.3) is 10.9 Å². The summed E-state index contributed by atoms with van der Waals surface area (Å²) in [6, 6.07) is 12.2. The lowest BCUT2D eigenvalue weighted by atomic mass is 9.99. The summed E-state index contributed by atoms with van der Waals surface area (Å²) in [5, 5.41) is 24.5. The third kappa shape index (κ3) is 5.00. The minimum absolute atomic E-state index is 0.0661. The molecule has 12 heteroatoms. The number of hydrogen-bond donors (Lipinski definition) is 1. The molecule has 198 valence electrons. The maximum Gasteiger partial charge on any atom is 0.269 e. The number of nitro benzene ring substituents is 1. The van der Waals surface area contributed by atoms with Crippen LogP contribution in [-0.4, -0.2) is 74.9 Å². The van der Waals surface area contributed by atoms with Gasteiger partial charge in [-0.3, -0.25) is 19.8 Å². The van der Waals surface area contributed by atoms with Crippen molar-refractivity contribution in [3.63, 3.8) is 0 Å². The highest BCUT2D eigenvalue weighted by Gasteiger charge is 2.33. The molecule has 1 aliphatic heterocycles. The first-order valence-electron chi connectivity index (χ1n) is 12.5. The fraction of sp³-hybridized carbons (Fsp3) is 0.385. The molecule has 0 saturated carbocycles. The van der Waals surface area contributed by atoms with Gasteiger partial charge in [0.2, 0.25) is 0 Å². The van der Waals surface area contributed by atoms with Crippen LogP contribution in [0.4, 0.5) is 11.4 Å². The second-order valence-electron chi connectivity index (χ2n) is 9.55. The predicted molar refractivity (Wildman–Crippen MR) is 142 cm³/mol. The summed E-state index contributed by atoms with van der Waals surface area (Å²) in [6.45, 7) is 7.59. The third-order valence-electron chi connectivity index (χ3n) is 7.05. The lowest BCUT2D eigenvalue weighted by Crippen LogP contribution is -2.49. The van der Waals surface area contributed by atoms with E-state index in [0.717, 1.165) is 27.7 Å². The lowest BCUT2D eigenvalue weighted by Gasteiger charge is -2.39. The highest BCUT2D eigenvalue weighted by Crippen LogP contribution is 2.30. The van der Waals surface area contributed by atoms with Gasteiger partial charge in [-0.2, -0.15) is 0 Å². The van der Waals surface area contributed by atoms with E-state index in [9.17, 15) is 14.9 Å². The maximum atomic E-state index is 13.5. The van der Waals surface area contributed by atoms with Gasteiger partial charge in [-0.15, -0.1) is 5.10 Å². The number of nitro groups is 1. The van der Waals surface area contributed by atoms with Crippen LogP contribution in [0.3, 0.4) is 0 Å². The van der Waals surface area contributed by atoms with E-state index in [-0.39, 0.29) is 11.2 Å². The zero-order chi connectivity index (χ0) is 26.8. The molecule has 2 aromatic carbocycles. The van der Waals surface area contributed by atoms with E-state index in [1.54, 1.807) is 23.9 Å². The zero-order valence-electron chi connectivity index (χ0n) is 21.6. The quantitative estimate of drug-likeness (QED) is 0.276. The Balaban J connectivity index is 1.50. The number of piperazine rings is 1. The van der Waals surface area contributed by atoms with Crippen LogP contribution < -0.4 is 10.5 Å². The van der Waals surface area contributed by atoms with E-state index >= 15 is 0 Å². The molecule has 0 spiro atoms. The van der Waals surface area contributed by atoms with Crippen LogP contribution in [0.1, 0.15) is 28.6 Å². The topological polar surface area (TPSA) is 135 Å². The smallest absolute Gasteiger partial charge is 0.269 e. The fourth-order valence-corrected chi connectivity index (χ4v) is 5.16. The summed E-state index contributed by atoms with van der Waals surface area (Å²) in [4.78, 5) is 31.6. The molecule has 1 N–H and O–H groups in total. The highest BCUT2D eigenvalue weighted by atomic mass is 16.6. The Hall–Kier alpha value is -4.16. The highest BCUT2D eigenvalue weighted by molar-refractivity contribution is 5.83. The van der Waals surface area contributed by atoms with Crippen molar-refractivity contribution in [1.82, 2.24) is 30.1 Å². The number of hydrogen-bond acceptors (Lipinski definition) is 9. The van der Waals surface area contributed by atoms with E-state index in [0.29, 0.717) is 50.7 Å². The van der Waals surface area contributed by atoms with Gasteiger partial charge in [0.25, 0.3) is 11.2 Å². The summed E-state index contributed by atoms with van der Waals surface area (Å²) in [5.41, 5.74) is 4.37. The number of aromatic nitrogens is 5. The molecule has 0 amide bonds. The number of aromatic amines is 1. The maximum absolute atomic E-state index is 13.5. The summed E-state index contributed by atoms with van der Waals surface area (Å²) in [7, 11) is 1.62. The van der Waals surface area contributed by atoms with E-state index in [1.807, 2.05) is 26.0 Å². The van der Waals surface area contributed by atoms with Crippen LogP contribution >= 0.6 is 0 Å². The molecule has 3 heterocycles. The molecular formula is C26H30N8O4. The van der Waals surface area contributed by atoms with Gasteiger partial charge in [-0.25, -0.2) is 4.68 Å². The number of fused-ring (bicyclic) bond motifs is 1. The van der Waals surface area contributed by atoms with Gasteiger partial charge in [0.05, 0.1) is 18.1 Å². The molecule has 0 radical (unpaired) electrons. The summed E-state index contributed by atoms with van der Waals surface area (Å²) in [5.74, 6) is 0.584. The molecule has 12 nitrogen and oxygen atoms in total. The van der Waals surface area contributed by atoms with E-state index in [4.69, 9.17) is 4.74 Å². The second-order valence-corrected chi connectivity index (χ2v) is 9.55. The number of pyridine rings is 1. The minimum Gasteiger partial charge on any atom is -0.383 e. The average Bonchev–Trinajstić information content (AvgIpc) is 3.36. The molecule has 38 heavy (non-hydrogen) atoms. The second kappa shape index (κ2) is 10.7. The van der Waals surface area contributed by atoms with Crippen LogP contribution in [0.15, 0.2) is 47.3 Å². The van der Waals surface area contributed by atoms with Gasteiger partial charge in [0, 0.05) is 67.6 Å². The predicted octanol–water partition coefficient (Wildman–Crippen LogP) is 2.60. The molecule has 1 unspecified atom stereocenters. The normalized spacial score (nSPS) is 15.2. The standard InChI is InChI=1S/C26H30N8O4/c1-17-14-18(2)21-16-22(26(35)27-23(21)15-17)24(25-28-29-30-33(25)12-13-38-3)32-10-8-31(9-11-32)19-4-6-20(7-5-19)34(36)37/h4-7,14-16,24H,8-13H2,1-3H3,(H,27,35). The zero-order valence-corrected chi connectivity index (χ0v) is 21.6. The van der Waals surface area contributed by atoms with Gasteiger partial charge in [-0.1, -0.05) is 6.07 Å². The number of benzene rings is 2. The Morgan fingerprint density at radius 2 is 1.84 bits per heavy atom. The molecular weight excluding hydrogens is 488 g/mol. The van der Waals surface area contributed by atoms with Crippen molar-refractivity contribution in [2.24, 2.45) is 0 Å². The Morgan fingerprint density at radius 3 is 2.53 bits per heavy atom. The van der Waals surface area contributed by atoms with Crippen molar-refractivity contribution >= 4 is 22.3 Å². The van der Waals surface area contributed by atoms with Crippen molar-refractivity contribution in [2.75, 3.05) is 44.8 Å². The van der Waals surface area contributed by atoms with Crippen molar-refractivity contribution in [3.8, 4) is 0 Å². The van der Waals surface area contributed by atoms with Gasteiger partial charge >= 0.3 is 0 Å². The molecule has 5 rings (SSSR count). The summed E-state index contributed by atoms with van der Waals surface area (Å²) < 4.78 is 6.95. The Bertz CT molecular complexity index is 1510. The first kappa shape index (κ1) is 25.5. The number of rotatable bonds is 8. The first-order chi connectivity index (χ1) is 18.4. The monoisotopic (exact) mass is 518 g/mol. The Kier molecular flexibility index (Phi) is 7.16. The van der Waals surface area contributed by atoms with Crippen molar-refractivity contribution in [2.45, 2.75) is 26.4 Å². The molecule has 4 aromatic rings. The molecule has 1 aliphatic rings. The van der Waals surface area contributed by atoms with Gasteiger partial charge in [0.1, 0.15) is 6.04 Å². The van der Waals surface area contributed by atoms with E-state index in [2.05, 4.69) is 36.4 Å². The number of aryl methyl sites for hydroxylation is 2. The van der Waals surface area contributed by atoms with Gasteiger partial charge < -0.3 is 14.6 Å². The SMILES string of the molecule is COCCn1nnnc1C(c1cc2c(C)cc(C)cc2[nH]c1=O)N1CCN(c2ccc([N+](=O)[O-])cc2)CC1. The van der Waals surface area contributed by atoms with E-state index in [1.165, 1.54) is 12.1 Å². The van der Waals surface area contributed by atoms with Crippen molar-refractivity contribution in [1.29, 1.82) is 0 Å². The van der Waals surface area contributed by atoms with E-state index < -0.39 is 11.0 Å². The fourth-order valence-electron chi connectivity index (χ4n) is 5.16. The lowest BCUT2D eigenvalue weighted by molar-refractivity contribution is -0.384. The van der Waals surface area contributed by atoms with Gasteiger partial charge in [0.15, 0.2) is 5.82 Å². The molecule has 1 atom stereocenters. The third-order valence-corrected chi connectivity index (χ3v) is 7.05. The number of nitrogens with zero attached hydrogens (tertiary/aromatic N) is 7. The summed E-state index contributed by atoms with van der Waals surface area (Å²) >= 11 is 0. The number of anilines is 1. The van der Waals surface area contributed by atoms with Crippen LogP contribution in [0, 0.1) is 24.0 Å². The minimum atomic E-state index is -0.463. The number of H-pyrrole nitrogens is 1. The largest absolute Gasteiger partial charge is 0.383 e. The van der Waals surface area contributed by atoms with Crippen molar-refractivity contribution in [3.05, 3.63) is 85.4 Å². The molecule has 0 bridgehead atoms.